The smallest absolute Gasteiger partial charge is 0.321 e. The van der Waals surface area contributed by atoms with Crippen LogP contribution in [0.1, 0.15) is 24.7 Å². The van der Waals surface area contributed by atoms with E-state index in [-0.39, 0.29) is 11.9 Å². The third-order valence-corrected chi connectivity index (χ3v) is 5.70. The molecule has 1 aliphatic rings. The minimum Gasteiger partial charge on any atom is -0.440 e. The van der Waals surface area contributed by atoms with Crippen LogP contribution in [0.2, 0.25) is 0 Å². The molecule has 5 rings (SSSR count). The highest BCUT2D eigenvalue weighted by Gasteiger charge is 2.27. The number of fused-ring (bicyclic) bond motifs is 1. The number of carbonyl (C=O) groups excluding carboxylic acids is 1. The average molecular weight is 397 g/mol. The van der Waals surface area contributed by atoms with Crippen LogP contribution in [0.25, 0.3) is 22.2 Å². The second-order valence-electron chi connectivity index (χ2n) is 7.62. The molecule has 5 heteroatoms. The topological polar surface area (TPSA) is 58.4 Å². The van der Waals surface area contributed by atoms with Gasteiger partial charge in [-0.3, -0.25) is 0 Å². The lowest BCUT2D eigenvalue weighted by Gasteiger charge is -2.31. The van der Waals surface area contributed by atoms with Crippen molar-refractivity contribution in [1.82, 2.24) is 9.88 Å². The molecule has 3 aromatic carbocycles. The monoisotopic (exact) mass is 397 g/mol. The summed E-state index contributed by atoms with van der Waals surface area (Å²) in [6.07, 6.45) is 1.70. The van der Waals surface area contributed by atoms with Crippen LogP contribution in [0.4, 0.5) is 10.5 Å². The van der Waals surface area contributed by atoms with Crippen LogP contribution in [0.3, 0.4) is 0 Å². The molecule has 0 unspecified atom stereocenters. The van der Waals surface area contributed by atoms with Gasteiger partial charge in [0.2, 0.25) is 0 Å². The number of nitrogens with one attached hydrogen (secondary N) is 1. The molecule has 150 valence electrons. The summed E-state index contributed by atoms with van der Waals surface area (Å²) in [7, 11) is 0. The predicted octanol–water partition coefficient (Wildman–Crippen LogP) is 5.91. The van der Waals surface area contributed by atoms with Crippen LogP contribution in [0, 0.1) is 0 Å². The van der Waals surface area contributed by atoms with Gasteiger partial charge in [0, 0.05) is 24.6 Å². The molecule has 0 spiro atoms. The number of anilines is 1. The Morgan fingerprint density at radius 1 is 0.900 bits per heavy atom. The van der Waals surface area contributed by atoms with Gasteiger partial charge in [-0.15, -0.1) is 0 Å². The van der Waals surface area contributed by atoms with E-state index in [1.54, 1.807) is 0 Å². The van der Waals surface area contributed by atoms with Crippen molar-refractivity contribution in [1.29, 1.82) is 0 Å². The predicted molar refractivity (Wildman–Crippen MR) is 118 cm³/mol. The molecule has 1 saturated heterocycles. The van der Waals surface area contributed by atoms with Crippen molar-refractivity contribution < 1.29 is 9.21 Å². The zero-order valence-electron chi connectivity index (χ0n) is 16.6. The Balaban J connectivity index is 1.26. The molecule has 4 aromatic rings. The van der Waals surface area contributed by atoms with Crippen LogP contribution in [0.15, 0.2) is 83.3 Å². The first-order valence-corrected chi connectivity index (χ1v) is 10.3. The number of hydrogen-bond donors (Lipinski definition) is 1. The maximum Gasteiger partial charge on any atom is 0.321 e. The highest BCUT2D eigenvalue weighted by Crippen LogP contribution is 2.31. The molecule has 2 amide bonds. The standard InChI is InChI=1S/C25H23N3O2/c29-25(27-21-11-5-4-10-20(21)18-8-2-1-3-9-18)28-16-14-19(15-17-28)24-26-22-12-6-7-13-23(22)30-24/h1-13,19H,14-17H2,(H,27,29). The van der Waals surface area contributed by atoms with Crippen LogP contribution in [-0.4, -0.2) is 29.0 Å². The minimum absolute atomic E-state index is 0.0607. The third kappa shape index (κ3) is 3.66. The summed E-state index contributed by atoms with van der Waals surface area (Å²) in [5, 5.41) is 3.10. The third-order valence-electron chi connectivity index (χ3n) is 5.70. The van der Waals surface area contributed by atoms with E-state index in [0.717, 1.165) is 46.6 Å². The lowest BCUT2D eigenvalue weighted by atomic mass is 9.97. The van der Waals surface area contributed by atoms with Crippen molar-refractivity contribution in [2.45, 2.75) is 18.8 Å². The highest BCUT2D eigenvalue weighted by molar-refractivity contribution is 5.94. The number of nitrogens with zero attached hydrogens (tertiary/aromatic N) is 2. The van der Waals surface area contributed by atoms with Crippen LogP contribution in [-0.2, 0) is 0 Å². The number of aromatic nitrogens is 1. The van der Waals surface area contributed by atoms with Gasteiger partial charge in [0.25, 0.3) is 0 Å². The molecule has 2 heterocycles. The zero-order valence-corrected chi connectivity index (χ0v) is 16.6. The van der Waals surface area contributed by atoms with E-state index in [2.05, 4.69) is 22.4 Å². The van der Waals surface area contributed by atoms with E-state index in [1.165, 1.54) is 0 Å². The second kappa shape index (κ2) is 8.03. The van der Waals surface area contributed by atoms with E-state index >= 15 is 0 Å². The number of likely N-dealkylation sites (tertiary alicyclic amines) is 1. The lowest BCUT2D eigenvalue weighted by molar-refractivity contribution is 0.190. The number of rotatable bonds is 3. The Labute approximate surface area is 175 Å². The Hall–Kier alpha value is -3.60. The van der Waals surface area contributed by atoms with Crippen LogP contribution < -0.4 is 5.32 Å². The lowest BCUT2D eigenvalue weighted by Crippen LogP contribution is -2.40. The Morgan fingerprint density at radius 2 is 1.60 bits per heavy atom. The van der Waals surface area contributed by atoms with Crippen molar-refractivity contribution in [3.63, 3.8) is 0 Å². The van der Waals surface area contributed by atoms with Gasteiger partial charge in [0.1, 0.15) is 5.52 Å². The van der Waals surface area contributed by atoms with Gasteiger partial charge in [-0.2, -0.15) is 0 Å². The fourth-order valence-electron chi connectivity index (χ4n) is 4.05. The minimum atomic E-state index is -0.0607. The number of urea groups is 1. The van der Waals surface area contributed by atoms with Gasteiger partial charge in [0.15, 0.2) is 11.5 Å². The van der Waals surface area contributed by atoms with E-state index in [9.17, 15) is 4.79 Å². The van der Waals surface area contributed by atoms with Gasteiger partial charge in [-0.1, -0.05) is 60.7 Å². The molecule has 30 heavy (non-hydrogen) atoms. The molecule has 0 bridgehead atoms. The van der Waals surface area contributed by atoms with E-state index in [1.807, 2.05) is 71.6 Å². The second-order valence-corrected chi connectivity index (χ2v) is 7.62. The maximum absolute atomic E-state index is 12.9. The number of hydrogen-bond acceptors (Lipinski definition) is 3. The number of amides is 2. The Bertz CT molecular complexity index is 1130. The summed E-state index contributed by atoms with van der Waals surface area (Å²) in [6.45, 7) is 1.37. The molecule has 1 aromatic heterocycles. The highest BCUT2D eigenvalue weighted by atomic mass is 16.3. The molecule has 0 atom stereocenters. The quantitative estimate of drug-likeness (QED) is 0.468. The summed E-state index contributed by atoms with van der Waals surface area (Å²) >= 11 is 0. The van der Waals surface area contributed by atoms with Gasteiger partial charge in [-0.05, 0) is 36.6 Å². The first-order chi connectivity index (χ1) is 14.8. The molecule has 5 nitrogen and oxygen atoms in total. The number of oxazole rings is 1. The first kappa shape index (κ1) is 18.4. The van der Waals surface area contributed by atoms with E-state index in [4.69, 9.17) is 4.42 Å². The van der Waals surface area contributed by atoms with E-state index in [0.29, 0.717) is 13.1 Å². The van der Waals surface area contributed by atoms with Gasteiger partial charge < -0.3 is 14.6 Å². The molecular formula is C25H23N3O2. The summed E-state index contributed by atoms with van der Waals surface area (Å²) < 4.78 is 5.93. The largest absolute Gasteiger partial charge is 0.440 e. The molecule has 0 radical (unpaired) electrons. The number of piperidine rings is 1. The molecule has 0 aliphatic carbocycles. The van der Waals surface area contributed by atoms with Crippen LogP contribution >= 0.6 is 0 Å². The molecule has 1 fully saturated rings. The van der Waals surface area contributed by atoms with Crippen molar-refractivity contribution in [3.05, 3.63) is 84.8 Å². The number of benzene rings is 3. The fourth-order valence-corrected chi connectivity index (χ4v) is 4.05. The van der Waals surface area contributed by atoms with Crippen molar-refractivity contribution in [2.24, 2.45) is 0 Å². The molecule has 1 N–H and O–H groups in total. The van der Waals surface area contributed by atoms with Gasteiger partial charge in [0.05, 0.1) is 5.69 Å². The SMILES string of the molecule is O=C(Nc1ccccc1-c1ccccc1)N1CCC(c2nc3ccccc3o2)CC1. The molecule has 0 saturated carbocycles. The Morgan fingerprint density at radius 3 is 2.40 bits per heavy atom. The number of para-hydroxylation sites is 3. The normalized spacial score (nSPS) is 14.7. The summed E-state index contributed by atoms with van der Waals surface area (Å²) in [6, 6.07) is 25.8. The summed E-state index contributed by atoms with van der Waals surface area (Å²) in [4.78, 5) is 19.4. The first-order valence-electron chi connectivity index (χ1n) is 10.3. The van der Waals surface area contributed by atoms with E-state index < -0.39 is 0 Å². The Kier molecular flexibility index (Phi) is 4.93. The fraction of sp³-hybridized carbons (Fsp3) is 0.200. The van der Waals surface area contributed by atoms with Crippen molar-refractivity contribution in [3.8, 4) is 11.1 Å². The maximum atomic E-state index is 12.9. The summed E-state index contributed by atoms with van der Waals surface area (Å²) in [5.41, 5.74) is 4.65. The molecule has 1 aliphatic heterocycles. The van der Waals surface area contributed by atoms with Gasteiger partial charge >= 0.3 is 6.03 Å². The number of carbonyl (C=O) groups is 1. The summed E-state index contributed by atoms with van der Waals surface area (Å²) in [5.74, 6) is 1.03. The average Bonchev–Trinajstić information content (AvgIpc) is 3.24. The van der Waals surface area contributed by atoms with Crippen molar-refractivity contribution in [2.75, 3.05) is 18.4 Å². The molecular weight excluding hydrogens is 374 g/mol. The van der Waals surface area contributed by atoms with Crippen LogP contribution in [0.5, 0.6) is 0 Å². The van der Waals surface area contributed by atoms with Gasteiger partial charge in [-0.25, -0.2) is 9.78 Å². The van der Waals surface area contributed by atoms with Crippen molar-refractivity contribution >= 4 is 22.8 Å². The zero-order chi connectivity index (χ0) is 20.3.